The molecule has 0 rings (SSSR count). The largest absolute Gasteiger partial charge is 0.517 e. The second kappa shape index (κ2) is 8.16. The maximum atomic E-state index is 5.47. The molecule has 6 heteroatoms. The lowest BCUT2D eigenvalue weighted by molar-refractivity contribution is 0.106. The van der Waals surface area contributed by atoms with Gasteiger partial charge in [-0.25, -0.2) is 0 Å². The first kappa shape index (κ1) is 16.0. The van der Waals surface area contributed by atoms with E-state index in [1.807, 2.05) is 0 Å². The van der Waals surface area contributed by atoms with Gasteiger partial charge in [0.2, 0.25) is 0 Å². The van der Waals surface area contributed by atoms with Crippen molar-refractivity contribution < 1.29 is 13.3 Å². The van der Waals surface area contributed by atoms with Crippen molar-refractivity contribution in [1.29, 1.82) is 0 Å². The van der Waals surface area contributed by atoms with E-state index in [0.29, 0.717) is 0 Å². The standard InChI is InChI=1S/C10H26N2O3Si/c1-7-10(11-8-9-12(2)3)16(13-4,14-5)15-6/h10-11H,7-9H2,1-6H3. The molecule has 0 bridgehead atoms. The highest BCUT2D eigenvalue weighted by Gasteiger charge is 2.46. The minimum Gasteiger partial charge on any atom is -0.376 e. The zero-order chi connectivity index (χ0) is 12.6. The fourth-order valence-corrected chi connectivity index (χ4v) is 3.91. The first-order valence-electron chi connectivity index (χ1n) is 5.59. The van der Waals surface area contributed by atoms with Crippen molar-refractivity contribution in [3.8, 4) is 0 Å². The van der Waals surface area contributed by atoms with Crippen LogP contribution in [0.1, 0.15) is 13.3 Å². The third kappa shape index (κ3) is 4.48. The zero-order valence-corrected chi connectivity index (χ0v) is 12.4. The van der Waals surface area contributed by atoms with Gasteiger partial charge in [0.25, 0.3) is 0 Å². The molecule has 0 radical (unpaired) electrons. The van der Waals surface area contributed by atoms with E-state index in [-0.39, 0.29) is 5.67 Å². The van der Waals surface area contributed by atoms with Crippen LogP contribution in [0.2, 0.25) is 0 Å². The molecule has 0 spiro atoms. The van der Waals surface area contributed by atoms with Gasteiger partial charge in [0.1, 0.15) is 0 Å². The number of nitrogens with one attached hydrogen (secondary N) is 1. The molecule has 5 nitrogen and oxygen atoms in total. The highest BCUT2D eigenvalue weighted by Crippen LogP contribution is 2.14. The van der Waals surface area contributed by atoms with Crippen LogP contribution >= 0.6 is 0 Å². The Morgan fingerprint density at radius 1 is 1.12 bits per heavy atom. The molecule has 0 aliphatic rings. The lowest BCUT2D eigenvalue weighted by atomic mass is 10.4. The van der Waals surface area contributed by atoms with Crippen LogP contribution in [0, 0.1) is 0 Å². The Balaban J connectivity index is 4.32. The molecule has 0 saturated carbocycles. The van der Waals surface area contributed by atoms with Crippen molar-refractivity contribution in [3.05, 3.63) is 0 Å². The summed E-state index contributed by atoms with van der Waals surface area (Å²) < 4.78 is 16.4. The van der Waals surface area contributed by atoms with Crippen LogP contribution in [0.5, 0.6) is 0 Å². The van der Waals surface area contributed by atoms with E-state index in [2.05, 4.69) is 31.2 Å². The van der Waals surface area contributed by atoms with Gasteiger partial charge in [-0.1, -0.05) is 6.92 Å². The summed E-state index contributed by atoms with van der Waals surface area (Å²) in [5.41, 5.74) is 0.146. The topological polar surface area (TPSA) is 43.0 Å². The van der Waals surface area contributed by atoms with Crippen LogP contribution in [-0.4, -0.2) is 67.9 Å². The number of nitrogens with zero attached hydrogens (tertiary/aromatic N) is 1. The summed E-state index contributed by atoms with van der Waals surface area (Å²) in [5, 5.41) is 3.44. The highest BCUT2D eigenvalue weighted by molar-refractivity contribution is 6.62. The van der Waals surface area contributed by atoms with Gasteiger partial charge in [-0.15, -0.1) is 0 Å². The summed E-state index contributed by atoms with van der Waals surface area (Å²) in [6, 6.07) is 0. The smallest absolute Gasteiger partial charge is 0.376 e. The summed E-state index contributed by atoms with van der Waals surface area (Å²) in [4.78, 5) is 2.13. The van der Waals surface area contributed by atoms with Crippen molar-refractivity contribution in [2.75, 3.05) is 48.5 Å². The van der Waals surface area contributed by atoms with Gasteiger partial charge in [-0.3, -0.25) is 0 Å². The van der Waals surface area contributed by atoms with E-state index >= 15 is 0 Å². The fourth-order valence-electron chi connectivity index (χ4n) is 1.66. The van der Waals surface area contributed by atoms with E-state index < -0.39 is 8.80 Å². The molecular formula is C10H26N2O3Si. The van der Waals surface area contributed by atoms with Gasteiger partial charge in [-0.05, 0) is 20.5 Å². The Morgan fingerprint density at radius 2 is 1.62 bits per heavy atom. The molecule has 0 aromatic rings. The normalized spacial score (nSPS) is 14.4. The summed E-state index contributed by atoms with van der Waals surface area (Å²) in [7, 11) is 6.50. The second-order valence-corrected chi connectivity index (χ2v) is 7.06. The van der Waals surface area contributed by atoms with Gasteiger partial charge in [0.15, 0.2) is 0 Å². The average Bonchev–Trinajstić information content (AvgIpc) is 2.29. The monoisotopic (exact) mass is 250 g/mol. The molecule has 1 atom stereocenters. The second-order valence-electron chi connectivity index (χ2n) is 3.93. The zero-order valence-electron chi connectivity index (χ0n) is 11.4. The molecule has 0 aliphatic heterocycles. The molecular weight excluding hydrogens is 224 g/mol. The van der Waals surface area contributed by atoms with Gasteiger partial charge in [-0.2, -0.15) is 0 Å². The first-order valence-corrected chi connectivity index (χ1v) is 7.40. The molecule has 1 unspecified atom stereocenters. The molecule has 0 aromatic heterocycles. The van der Waals surface area contributed by atoms with E-state index in [4.69, 9.17) is 13.3 Å². The van der Waals surface area contributed by atoms with Gasteiger partial charge < -0.3 is 23.5 Å². The predicted octanol–water partition coefficient (Wildman–Crippen LogP) is 0.334. The molecule has 0 amide bonds. The third-order valence-electron chi connectivity index (χ3n) is 2.64. The Morgan fingerprint density at radius 3 is 1.94 bits per heavy atom. The van der Waals surface area contributed by atoms with Crippen molar-refractivity contribution in [1.82, 2.24) is 10.2 Å². The van der Waals surface area contributed by atoms with Crippen molar-refractivity contribution in [2.45, 2.75) is 19.0 Å². The minimum absolute atomic E-state index is 0.146. The number of hydrogen-bond acceptors (Lipinski definition) is 5. The Labute approximate surface area is 100 Å². The summed E-state index contributed by atoms with van der Waals surface area (Å²) in [6.07, 6.45) is 0.926. The molecule has 0 aliphatic carbocycles. The van der Waals surface area contributed by atoms with Crippen LogP contribution in [0.15, 0.2) is 0 Å². The van der Waals surface area contributed by atoms with Gasteiger partial charge in [0, 0.05) is 34.4 Å². The molecule has 0 saturated heterocycles. The van der Waals surface area contributed by atoms with Gasteiger partial charge in [0.05, 0.1) is 5.67 Å². The van der Waals surface area contributed by atoms with E-state index in [9.17, 15) is 0 Å². The summed E-state index contributed by atoms with van der Waals surface area (Å²) >= 11 is 0. The average molecular weight is 250 g/mol. The van der Waals surface area contributed by atoms with E-state index in [1.54, 1.807) is 21.3 Å². The first-order chi connectivity index (χ1) is 7.56. The fraction of sp³-hybridized carbons (Fsp3) is 1.00. The molecule has 0 heterocycles. The lowest BCUT2D eigenvalue weighted by Crippen LogP contribution is -2.60. The molecule has 1 N–H and O–H groups in total. The number of likely N-dealkylation sites (N-methyl/N-ethyl adjacent to an activating group) is 1. The Bertz CT molecular complexity index is 169. The molecule has 16 heavy (non-hydrogen) atoms. The molecule has 0 aromatic carbocycles. The quantitative estimate of drug-likeness (QED) is 0.598. The summed E-state index contributed by atoms with van der Waals surface area (Å²) in [6.45, 7) is 3.99. The predicted molar refractivity (Wildman–Crippen MR) is 67.4 cm³/mol. The number of rotatable bonds is 9. The van der Waals surface area contributed by atoms with Crippen molar-refractivity contribution in [2.24, 2.45) is 0 Å². The lowest BCUT2D eigenvalue weighted by Gasteiger charge is -2.32. The van der Waals surface area contributed by atoms with Crippen LogP contribution in [-0.2, 0) is 13.3 Å². The van der Waals surface area contributed by atoms with Crippen LogP contribution in [0.3, 0.4) is 0 Å². The highest BCUT2D eigenvalue weighted by atomic mass is 28.4. The maximum Gasteiger partial charge on any atom is 0.517 e. The van der Waals surface area contributed by atoms with Crippen LogP contribution in [0.25, 0.3) is 0 Å². The van der Waals surface area contributed by atoms with Gasteiger partial charge >= 0.3 is 8.80 Å². The van der Waals surface area contributed by atoms with Crippen LogP contribution < -0.4 is 5.32 Å². The number of hydrogen-bond donors (Lipinski definition) is 1. The van der Waals surface area contributed by atoms with Crippen LogP contribution in [0.4, 0.5) is 0 Å². The molecule has 98 valence electrons. The Kier molecular flexibility index (Phi) is 8.17. The van der Waals surface area contributed by atoms with Crippen molar-refractivity contribution in [3.63, 3.8) is 0 Å². The minimum atomic E-state index is -2.55. The maximum absolute atomic E-state index is 5.47. The van der Waals surface area contributed by atoms with E-state index in [0.717, 1.165) is 19.5 Å². The third-order valence-corrected chi connectivity index (χ3v) is 5.81. The van der Waals surface area contributed by atoms with Crippen molar-refractivity contribution >= 4 is 8.80 Å². The van der Waals surface area contributed by atoms with E-state index in [1.165, 1.54) is 0 Å². The summed E-state index contributed by atoms with van der Waals surface area (Å²) in [5.74, 6) is 0. The SMILES string of the molecule is CCC(NCCN(C)C)[Si](OC)(OC)OC. The molecule has 0 fully saturated rings. The Hall–Kier alpha value is 0.0169.